The van der Waals surface area contributed by atoms with Gasteiger partial charge in [0, 0.05) is 13.0 Å². The molecule has 0 spiro atoms. The molecule has 14 atom stereocenters. The van der Waals surface area contributed by atoms with E-state index >= 15 is 0 Å². The van der Waals surface area contributed by atoms with E-state index in [-0.39, 0.29) is 103 Å². The second kappa shape index (κ2) is 40.5. The van der Waals surface area contributed by atoms with Crippen LogP contribution < -0.4 is 87.2 Å². The van der Waals surface area contributed by atoms with Crippen LogP contribution in [0.15, 0.2) is 30.3 Å². The monoisotopic (exact) mass is 1230 g/mol. The molecule has 1 aromatic carbocycles. The number of nitrogens with two attached hydrogens (primary N) is 5. The van der Waals surface area contributed by atoms with Gasteiger partial charge < -0.3 is 102 Å². The van der Waals surface area contributed by atoms with Crippen LogP contribution in [0.4, 0.5) is 0 Å². The van der Waals surface area contributed by atoms with Crippen LogP contribution in [-0.4, -0.2) is 205 Å². The zero-order chi connectivity index (χ0) is 65.3. The summed E-state index contributed by atoms with van der Waals surface area (Å²) in [6, 6.07) is -6.11. The van der Waals surface area contributed by atoms with Crippen molar-refractivity contribution >= 4 is 65.0 Å². The molecule has 1 fully saturated rings. The van der Waals surface area contributed by atoms with E-state index in [1.165, 1.54) is 6.92 Å². The Labute approximate surface area is 508 Å². The molecule has 3 unspecified atom stereocenters. The van der Waals surface area contributed by atoms with Gasteiger partial charge in [-0.3, -0.25) is 58.1 Å². The molecule has 1 heterocycles. The SMILES string of the molecule is CCCC(C)OC(=O)CCC(=O)N[C@@H](CCN)C(=O)N[C@H](C(=O)N[C@@H](CCN)C(=O)N[C@H]1CCNC(=O)[C@H]([C@H](C)O)NC(=O)[C@H](CCN)NC(=O)[C@H](CCN)NC(=O)[C@H](CC(C)C)NC(O)[C@@H](Cc2ccccc2)NC(=O)[C@H](CCN)NC1=O)C(C)O. The standard InChI is InChI=1S/C56H98N16O15/c1-7-11-31(4)87-44(76)15-14-43(75)63-35(16-22-57)51(81)72-46(33(6)74)56(86)68-38(19-25-60)48(78)67-40-21-27-62-55(85)45(32(5)73)71-52(82)39(20-26-61)65-47(77)36(17-23-58)66-53(83)41(28-30(2)3)69-54(84)42(29-34-12-9-8-10-13-34)70-49(79)37(18-24-59)64-50(40)80/h8-10,12-13,30-33,35-42,45-46,54,69,73-74,84H,7,11,14-29,57-61H2,1-6H3,(H,62,85)(H,63,75)(H,64,80)(H,65,77)(H,66,83)(H,67,78)(H,68,86)(H,70,79)(H,71,82)(H,72,81)/t31?,32-,33?,35-,36-,37-,38-,39-,40-,41-,42+,45-,46-,54?/m0/s1. The number of aliphatic hydroxyl groups excluding tert-OH is 3. The first-order valence-corrected chi connectivity index (χ1v) is 29.8. The summed E-state index contributed by atoms with van der Waals surface area (Å²) in [5, 5.41) is 61.7. The van der Waals surface area contributed by atoms with E-state index < -0.39 is 157 Å². The highest BCUT2D eigenvalue weighted by molar-refractivity contribution is 5.98. The quantitative estimate of drug-likeness (QED) is 0.0332. The second-order valence-corrected chi connectivity index (χ2v) is 22.0. The average Bonchev–Trinajstić information content (AvgIpc) is 3.64. The van der Waals surface area contributed by atoms with Gasteiger partial charge in [0.25, 0.3) is 0 Å². The number of rotatable bonds is 29. The fraction of sp³-hybridized carbons (Fsp3) is 0.696. The van der Waals surface area contributed by atoms with Crippen LogP contribution in [-0.2, 0) is 63.9 Å². The maximum Gasteiger partial charge on any atom is 0.306 e. The number of hydrogen-bond donors (Lipinski definition) is 19. The number of amides is 10. The summed E-state index contributed by atoms with van der Waals surface area (Å²) < 4.78 is 5.28. The smallest absolute Gasteiger partial charge is 0.306 e. The van der Waals surface area contributed by atoms with Gasteiger partial charge in [0.1, 0.15) is 54.6 Å². The number of aliphatic hydroxyl groups is 3. The molecule has 0 bridgehead atoms. The predicted octanol–water partition coefficient (Wildman–Crippen LogP) is -6.55. The summed E-state index contributed by atoms with van der Waals surface area (Å²) in [6.45, 7) is 8.32. The normalized spacial score (nSPS) is 23.5. The number of ether oxygens (including phenoxy) is 1. The van der Waals surface area contributed by atoms with Gasteiger partial charge in [-0.2, -0.15) is 0 Å². The number of benzene rings is 1. The summed E-state index contributed by atoms with van der Waals surface area (Å²) in [5.74, 6) is -10.1. The van der Waals surface area contributed by atoms with Crippen LogP contribution >= 0.6 is 0 Å². The molecule has 0 saturated carbocycles. The van der Waals surface area contributed by atoms with Crippen LogP contribution in [0.2, 0.25) is 0 Å². The van der Waals surface area contributed by atoms with Gasteiger partial charge in [-0.05, 0) is 123 Å². The van der Waals surface area contributed by atoms with Crippen LogP contribution in [0, 0.1) is 5.92 Å². The van der Waals surface area contributed by atoms with Gasteiger partial charge in [-0.15, -0.1) is 0 Å². The molecule has 1 saturated heterocycles. The third kappa shape index (κ3) is 27.7. The van der Waals surface area contributed by atoms with Gasteiger partial charge in [-0.25, -0.2) is 0 Å². The Balaban J connectivity index is 2.66. The molecule has 1 aliphatic rings. The van der Waals surface area contributed by atoms with Crippen LogP contribution in [0.5, 0.6) is 0 Å². The predicted molar refractivity (Wildman–Crippen MR) is 319 cm³/mol. The third-order valence-electron chi connectivity index (χ3n) is 13.9. The Morgan fingerprint density at radius 1 is 0.621 bits per heavy atom. The van der Waals surface area contributed by atoms with E-state index in [1.54, 1.807) is 37.3 Å². The lowest BCUT2D eigenvalue weighted by atomic mass is 9.99. The lowest BCUT2D eigenvalue weighted by Gasteiger charge is -2.32. The van der Waals surface area contributed by atoms with Crippen molar-refractivity contribution in [3.63, 3.8) is 0 Å². The van der Waals surface area contributed by atoms with Crippen molar-refractivity contribution in [2.45, 2.75) is 204 Å². The minimum absolute atomic E-state index is 0.0362. The molecule has 0 radical (unpaired) electrons. The molecule has 1 aromatic rings. The van der Waals surface area contributed by atoms with Crippen molar-refractivity contribution in [3.8, 4) is 0 Å². The molecule has 2 rings (SSSR count). The van der Waals surface area contributed by atoms with Crippen molar-refractivity contribution < 1.29 is 72.8 Å². The third-order valence-corrected chi connectivity index (χ3v) is 13.9. The largest absolute Gasteiger partial charge is 0.463 e. The van der Waals surface area contributed by atoms with Gasteiger partial charge in [0.15, 0.2) is 0 Å². The molecule has 87 heavy (non-hydrogen) atoms. The molecule has 24 N–H and O–H groups in total. The highest BCUT2D eigenvalue weighted by Crippen LogP contribution is 2.13. The summed E-state index contributed by atoms with van der Waals surface area (Å²) in [4.78, 5) is 152. The van der Waals surface area contributed by atoms with Crippen molar-refractivity contribution in [1.29, 1.82) is 0 Å². The van der Waals surface area contributed by atoms with E-state index in [1.807, 2.05) is 20.8 Å². The molecular weight excluding hydrogens is 1140 g/mol. The molecule has 492 valence electrons. The van der Waals surface area contributed by atoms with Gasteiger partial charge in [-0.1, -0.05) is 57.5 Å². The molecule has 0 aromatic heterocycles. The van der Waals surface area contributed by atoms with E-state index in [9.17, 15) is 68.1 Å². The zero-order valence-corrected chi connectivity index (χ0v) is 50.9. The summed E-state index contributed by atoms with van der Waals surface area (Å²) >= 11 is 0. The topological polar surface area (TPSA) is 520 Å². The zero-order valence-electron chi connectivity index (χ0n) is 50.9. The number of hydrogen-bond acceptors (Lipinski definition) is 21. The van der Waals surface area contributed by atoms with E-state index in [4.69, 9.17) is 33.4 Å². The Morgan fingerprint density at radius 3 is 1.67 bits per heavy atom. The molecule has 31 nitrogen and oxygen atoms in total. The fourth-order valence-electron chi connectivity index (χ4n) is 9.23. The minimum atomic E-state index is -1.77. The van der Waals surface area contributed by atoms with Crippen molar-refractivity contribution in [1.82, 2.24) is 58.5 Å². The molecule has 0 aliphatic carbocycles. The van der Waals surface area contributed by atoms with Crippen LogP contribution in [0.3, 0.4) is 0 Å². The number of esters is 1. The molecule has 31 heteroatoms. The first-order valence-electron chi connectivity index (χ1n) is 29.8. The van der Waals surface area contributed by atoms with Gasteiger partial charge >= 0.3 is 5.97 Å². The van der Waals surface area contributed by atoms with Crippen molar-refractivity contribution in [2.75, 3.05) is 39.3 Å². The van der Waals surface area contributed by atoms with Crippen molar-refractivity contribution in [2.24, 2.45) is 34.6 Å². The lowest BCUT2D eigenvalue weighted by molar-refractivity contribution is -0.149. The van der Waals surface area contributed by atoms with Crippen LogP contribution in [0.25, 0.3) is 0 Å². The maximum absolute atomic E-state index is 14.6. The van der Waals surface area contributed by atoms with Gasteiger partial charge in [0.05, 0.1) is 36.8 Å². The molecular formula is C56H98N16O15. The Morgan fingerprint density at radius 2 is 1.15 bits per heavy atom. The number of carbonyl (C=O) groups is 11. The summed E-state index contributed by atoms with van der Waals surface area (Å²) in [5.41, 5.74) is 30.0. The highest BCUT2D eigenvalue weighted by Gasteiger charge is 2.38. The van der Waals surface area contributed by atoms with Crippen LogP contribution in [0.1, 0.15) is 118 Å². The highest BCUT2D eigenvalue weighted by atomic mass is 16.5. The van der Waals surface area contributed by atoms with Gasteiger partial charge in [0.2, 0.25) is 59.1 Å². The first kappa shape index (κ1) is 76.1. The second-order valence-electron chi connectivity index (χ2n) is 22.0. The average molecular weight is 1240 g/mol. The Kier molecular flexibility index (Phi) is 35.4. The minimum Gasteiger partial charge on any atom is -0.463 e. The number of carbonyl (C=O) groups excluding carboxylic acids is 11. The molecule has 1 aliphatic heterocycles. The summed E-state index contributed by atoms with van der Waals surface area (Å²) in [6.07, 6.45) is -5.87. The lowest BCUT2D eigenvalue weighted by Crippen LogP contribution is -2.62. The summed E-state index contributed by atoms with van der Waals surface area (Å²) in [7, 11) is 0. The van der Waals surface area contributed by atoms with E-state index in [0.717, 1.165) is 13.3 Å². The maximum atomic E-state index is 14.6. The Bertz CT molecular complexity index is 2370. The molecule has 10 amide bonds. The van der Waals surface area contributed by atoms with E-state index in [0.29, 0.717) is 12.0 Å². The number of nitrogens with one attached hydrogen (secondary N) is 11. The fourth-order valence-corrected chi connectivity index (χ4v) is 9.23. The van der Waals surface area contributed by atoms with Crippen molar-refractivity contribution in [3.05, 3.63) is 35.9 Å². The Hall–Kier alpha value is -6.97. The first-order chi connectivity index (χ1) is 41.2. The van der Waals surface area contributed by atoms with E-state index in [2.05, 4.69) is 58.5 Å².